The third-order valence-corrected chi connectivity index (χ3v) is 3.26. The fraction of sp³-hybridized carbons (Fsp3) is 0.188. The molecule has 2 N–H and O–H groups in total. The van der Waals surface area contributed by atoms with Gasteiger partial charge in [0.25, 0.3) is 0 Å². The fourth-order valence-corrected chi connectivity index (χ4v) is 2.31. The highest BCUT2D eigenvalue weighted by Crippen LogP contribution is 2.21. The average molecular weight is 267 g/mol. The van der Waals surface area contributed by atoms with Crippen molar-refractivity contribution in [3.05, 3.63) is 59.8 Å². The van der Waals surface area contributed by atoms with Gasteiger partial charge < -0.3 is 10.1 Å². The van der Waals surface area contributed by atoms with Crippen molar-refractivity contribution in [2.75, 3.05) is 12.4 Å². The Hall–Kier alpha value is -2.33. The smallest absolute Gasteiger partial charge is 0.0881 e. The van der Waals surface area contributed by atoms with E-state index in [1.807, 2.05) is 18.3 Å². The molecule has 0 atom stereocenters. The predicted octanol–water partition coefficient (Wildman–Crippen LogP) is 3.32. The summed E-state index contributed by atoms with van der Waals surface area (Å²) in [5.41, 5.74) is 4.53. The number of hydrogen-bond donors (Lipinski definition) is 2. The summed E-state index contributed by atoms with van der Waals surface area (Å²) in [5.74, 6) is 0. The Balaban J connectivity index is 1.76. The molecule has 3 rings (SSSR count). The molecule has 0 unspecified atom stereocenters. The van der Waals surface area contributed by atoms with Crippen LogP contribution in [0.25, 0.3) is 10.9 Å². The van der Waals surface area contributed by atoms with E-state index in [0.717, 1.165) is 23.1 Å². The second kappa shape index (κ2) is 5.75. The molecule has 3 aromatic rings. The van der Waals surface area contributed by atoms with Gasteiger partial charge in [-0.3, -0.25) is 5.10 Å². The lowest BCUT2D eigenvalue weighted by molar-refractivity contribution is 0.185. The third kappa shape index (κ3) is 2.65. The van der Waals surface area contributed by atoms with Crippen molar-refractivity contribution < 1.29 is 4.74 Å². The summed E-state index contributed by atoms with van der Waals surface area (Å²) in [6.45, 7) is 1.42. The van der Waals surface area contributed by atoms with E-state index in [9.17, 15) is 0 Å². The number of nitrogens with zero attached hydrogens (tertiary/aromatic N) is 1. The number of ether oxygens (including phenoxy) is 1. The zero-order valence-electron chi connectivity index (χ0n) is 11.4. The van der Waals surface area contributed by atoms with Gasteiger partial charge in [-0.1, -0.05) is 36.4 Å². The lowest BCUT2D eigenvalue weighted by Gasteiger charge is -2.09. The Labute approximate surface area is 117 Å². The number of benzene rings is 2. The number of rotatable bonds is 5. The number of nitrogens with one attached hydrogen (secondary N) is 2. The van der Waals surface area contributed by atoms with Gasteiger partial charge in [0.05, 0.1) is 24.0 Å². The summed E-state index contributed by atoms with van der Waals surface area (Å²) in [4.78, 5) is 0. The van der Waals surface area contributed by atoms with E-state index < -0.39 is 0 Å². The molecule has 2 aromatic carbocycles. The summed E-state index contributed by atoms with van der Waals surface area (Å²) in [7, 11) is 1.71. The van der Waals surface area contributed by atoms with Gasteiger partial charge >= 0.3 is 0 Å². The number of fused-ring (bicyclic) bond motifs is 1. The van der Waals surface area contributed by atoms with Crippen LogP contribution in [0.3, 0.4) is 0 Å². The Morgan fingerprint density at radius 3 is 2.90 bits per heavy atom. The molecule has 0 spiro atoms. The minimum absolute atomic E-state index is 0.643. The number of anilines is 1. The number of aromatic nitrogens is 2. The van der Waals surface area contributed by atoms with Crippen molar-refractivity contribution in [3.8, 4) is 0 Å². The van der Waals surface area contributed by atoms with Crippen LogP contribution in [-0.4, -0.2) is 17.3 Å². The van der Waals surface area contributed by atoms with Crippen LogP contribution in [0.15, 0.2) is 48.7 Å². The summed E-state index contributed by atoms with van der Waals surface area (Å²) >= 11 is 0. The van der Waals surface area contributed by atoms with Crippen LogP contribution < -0.4 is 5.32 Å². The first kappa shape index (κ1) is 12.7. The molecule has 0 fully saturated rings. The molecule has 102 valence electrons. The molecule has 0 bridgehead atoms. The molecule has 0 aliphatic carbocycles. The van der Waals surface area contributed by atoms with Gasteiger partial charge in [0, 0.05) is 19.0 Å². The average Bonchev–Trinajstić information content (AvgIpc) is 2.95. The highest BCUT2D eigenvalue weighted by atomic mass is 16.5. The van der Waals surface area contributed by atoms with Crippen LogP contribution in [0.2, 0.25) is 0 Å². The van der Waals surface area contributed by atoms with E-state index >= 15 is 0 Å². The number of aromatic amines is 1. The van der Waals surface area contributed by atoms with Crippen molar-refractivity contribution in [3.63, 3.8) is 0 Å². The van der Waals surface area contributed by atoms with Gasteiger partial charge in [0.2, 0.25) is 0 Å². The standard InChI is InChI=1S/C16H17N3O/c1-20-11-13-5-2-4-12(8-13)9-17-15-7-3-6-14-10-18-19-16(14)15/h2-8,10,17H,9,11H2,1H3,(H,18,19). The second-order valence-corrected chi connectivity index (χ2v) is 4.75. The molecule has 0 saturated heterocycles. The number of para-hydroxylation sites is 1. The number of H-pyrrole nitrogens is 1. The summed E-state index contributed by atoms with van der Waals surface area (Å²) in [6, 6.07) is 14.5. The van der Waals surface area contributed by atoms with E-state index in [1.165, 1.54) is 11.1 Å². The van der Waals surface area contributed by atoms with Gasteiger partial charge in [-0.15, -0.1) is 0 Å². The molecule has 4 nitrogen and oxygen atoms in total. The zero-order chi connectivity index (χ0) is 13.8. The maximum Gasteiger partial charge on any atom is 0.0881 e. The van der Waals surface area contributed by atoms with Gasteiger partial charge in [-0.25, -0.2) is 0 Å². The van der Waals surface area contributed by atoms with Crippen LogP contribution in [-0.2, 0) is 17.9 Å². The lowest BCUT2D eigenvalue weighted by atomic mass is 10.1. The predicted molar refractivity (Wildman–Crippen MR) is 80.6 cm³/mol. The molecular weight excluding hydrogens is 250 g/mol. The van der Waals surface area contributed by atoms with Gasteiger partial charge in [-0.05, 0) is 17.2 Å². The van der Waals surface area contributed by atoms with E-state index in [0.29, 0.717) is 6.61 Å². The van der Waals surface area contributed by atoms with Crippen LogP contribution in [0.5, 0.6) is 0 Å². The first-order chi connectivity index (χ1) is 9.86. The van der Waals surface area contributed by atoms with Crippen molar-refractivity contribution in [2.24, 2.45) is 0 Å². The molecule has 0 radical (unpaired) electrons. The Kier molecular flexibility index (Phi) is 3.65. The third-order valence-electron chi connectivity index (χ3n) is 3.26. The van der Waals surface area contributed by atoms with Crippen LogP contribution in [0.4, 0.5) is 5.69 Å². The SMILES string of the molecule is COCc1cccc(CNc2cccc3cn[nH]c23)c1. The molecule has 0 amide bonds. The van der Waals surface area contributed by atoms with Crippen molar-refractivity contribution in [1.29, 1.82) is 0 Å². The molecule has 20 heavy (non-hydrogen) atoms. The van der Waals surface area contributed by atoms with E-state index in [2.05, 4.69) is 45.8 Å². The quantitative estimate of drug-likeness (QED) is 0.745. The molecule has 1 aromatic heterocycles. The number of hydrogen-bond acceptors (Lipinski definition) is 3. The lowest BCUT2D eigenvalue weighted by Crippen LogP contribution is -2.01. The highest BCUT2D eigenvalue weighted by Gasteiger charge is 2.02. The monoisotopic (exact) mass is 267 g/mol. The minimum Gasteiger partial charge on any atom is -0.380 e. The molecule has 4 heteroatoms. The summed E-state index contributed by atoms with van der Waals surface area (Å²) < 4.78 is 5.16. The Morgan fingerprint density at radius 2 is 2.00 bits per heavy atom. The normalized spacial score (nSPS) is 10.8. The van der Waals surface area contributed by atoms with Crippen LogP contribution in [0.1, 0.15) is 11.1 Å². The first-order valence-corrected chi connectivity index (χ1v) is 6.59. The van der Waals surface area contributed by atoms with Crippen LogP contribution in [0, 0.1) is 0 Å². The zero-order valence-corrected chi connectivity index (χ0v) is 11.4. The Bertz CT molecular complexity index is 706. The van der Waals surface area contributed by atoms with Crippen LogP contribution >= 0.6 is 0 Å². The second-order valence-electron chi connectivity index (χ2n) is 4.75. The largest absolute Gasteiger partial charge is 0.380 e. The van der Waals surface area contributed by atoms with E-state index in [4.69, 9.17) is 4.74 Å². The molecule has 0 aliphatic rings. The van der Waals surface area contributed by atoms with Crippen molar-refractivity contribution in [2.45, 2.75) is 13.2 Å². The number of methoxy groups -OCH3 is 1. The molecule has 1 heterocycles. The van der Waals surface area contributed by atoms with E-state index in [1.54, 1.807) is 7.11 Å². The maximum atomic E-state index is 5.16. The van der Waals surface area contributed by atoms with Crippen molar-refractivity contribution >= 4 is 16.6 Å². The topological polar surface area (TPSA) is 49.9 Å². The summed E-state index contributed by atoms with van der Waals surface area (Å²) in [6.07, 6.45) is 1.83. The molecule has 0 saturated carbocycles. The van der Waals surface area contributed by atoms with E-state index in [-0.39, 0.29) is 0 Å². The fourth-order valence-electron chi connectivity index (χ4n) is 2.31. The maximum absolute atomic E-state index is 5.16. The van der Waals surface area contributed by atoms with Gasteiger partial charge in [0.1, 0.15) is 0 Å². The summed E-state index contributed by atoms with van der Waals surface area (Å²) in [5, 5.41) is 11.7. The first-order valence-electron chi connectivity index (χ1n) is 6.59. The minimum atomic E-state index is 0.643. The molecular formula is C16H17N3O. The van der Waals surface area contributed by atoms with Gasteiger partial charge in [-0.2, -0.15) is 5.10 Å². The highest BCUT2D eigenvalue weighted by molar-refractivity contribution is 5.89. The molecule has 0 aliphatic heterocycles. The van der Waals surface area contributed by atoms with Gasteiger partial charge in [0.15, 0.2) is 0 Å². The Morgan fingerprint density at radius 1 is 1.15 bits per heavy atom. The van der Waals surface area contributed by atoms with Crippen molar-refractivity contribution in [1.82, 2.24) is 10.2 Å².